The van der Waals surface area contributed by atoms with E-state index in [1.54, 1.807) is 16.2 Å². The first-order valence-corrected chi connectivity index (χ1v) is 7.64. The van der Waals surface area contributed by atoms with Gasteiger partial charge < -0.3 is 10.2 Å². The molecule has 3 rings (SSSR count). The van der Waals surface area contributed by atoms with Gasteiger partial charge in [0.05, 0.1) is 12.0 Å². The lowest BCUT2D eigenvalue weighted by atomic mass is 9.87. The Kier molecular flexibility index (Phi) is 3.31. The summed E-state index contributed by atoms with van der Waals surface area (Å²) in [4.78, 5) is 27.1. The highest BCUT2D eigenvalue weighted by molar-refractivity contribution is 7.10. The van der Waals surface area contributed by atoms with E-state index < -0.39 is 0 Å². The van der Waals surface area contributed by atoms with Gasteiger partial charge in [-0.25, -0.2) is 0 Å². The van der Waals surface area contributed by atoms with Crippen molar-refractivity contribution in [2.75, 3.05) is 7.05 Å². The molecule has 1 aliphatic carbocycles. The molecular weight excluding hydrogens is 260 g/mol. The van der Waals surface area contributed by atoms with E-state index in [1.165, 1.54) is 0 Å². The molecule has 102 valence electrons. The molecule has 2 aliphatic rings. The zero-order valence-electron chi connectivity index (χ0n) is 11.0. The molecule has 4 nitrogen and oxygen atoms in total. The van der Waals surface area contributed by atoms with Crippen molar-refractivity contribution in [1.82, 2.24) is 10.2 Å². The number of carbonyl (C=O) groups is 2. The molecule has 1 aliphatic heterocycles. The summed E-state index contributed by atoms with van der Waals surface area (Å²) in [5.41, 5.74) is 0. The lowest BCUT2D eigenvalue weighted by molar-refractivity contribution is -0.141. The molecule has 1 aromatic heterocycles. The molecule has 0 spiro atoms. The average molecular weight is 278 g/mol. The van der Waals surface area contributed by atoms with E-state index in [2.05, 4.69) is 5.32 Å². The molecule has 0 unspecified atom stereocenters. The molecule has 2 atom stereocenters. The quantitative estimate of drug-likeness (QED) is 0.918. The number of carbonyl (C=O) groups excluding carboxylic acids is 2. The van der Waals surface area contributed by atoms with Gasteiger partial charge >= 0.3 is 0 Å². The number of amides is 2. The molecular formula is C14H18N2O2S. The minimum Gasteiger partial charge on any atom is -0.353 e. The number of hydrogen-bond acceptors (Lipinski definition) is 3. The highest BCUT2D eigenvalue weighted by Crippen LogP contribution is 2.38. The van der Waals surface area contributed by atoms with Crippen LogP contribution in [0.15, 0.2) is 17.5 Å². The van der Waals surface area contributed by atoms with Gasteiger partial charge in [0.15, 0.2) is 0 Å². The summed E-state index contributed by atoms with van der Waals surface area (Å²) in [6.45, 7) is 0. The number of thiophene rings is 1. The first kappa shape index (κ1) is 12.7. The Morgan fingerprint density at radius 1 is 1.42 bits per heavy atom. The minimum absolute atomic E-state index is 0.0972. The standard InChI is InChI=1S/C14H18N2O2S/c1-16-12(17)7-6-10(14(18)15-9-4-5-9)13(16)11-3-2-8-19-11/h2-3,8-10,13H,4-7H2,1H3,(H,15,18)/t10-,13-/m1/s1. The summed E-state index contributed by atoms with van der Waals surface area (Å²) in [5.74, 6) is 0.135. The summed E-state index contributed by atoms with van der Waals surface area (Å²) < 4.78 is 0. The fourth-order valence-corrected chi connectivity index (χ4v) is 3.63. The number of hydrogen-bond donors (Lipinski definition) is 1. The van der Waals surface area contributed by atoms with Crippen molar-refractivity contribution in [1.29, 1.82) is 0 Å². The molecule has 2 heterocycles. The van der Waals surface area contributed by atoms with Crippen LogP contribution >= 0.6 is 11.3 Å². The molecule has 1 saturated carbocycles. The van der Waals surface area contributed by atoms with Crippen LogP contribution in [0.3, 0.4) is 0 Å². The molecule has 1 N–H and O–H groups in total. The van der Waals surface area contributed by atoms with Gasteiger partial charge in [-0.05, 0) is 30.7 Å². The van der Waals surface area contributed by atoms with Gasteiger partial charge in [-0.1, -0.05) is 6.07 Å². The number of piperidine rings is 1. The van der Waals surface area contributed by atoms with Crippen molar-refractivity contribution in [2.24, 2.45) is 5.92 Å². The van der Waals surface area contributed by atoms with Crippen molar-refractivity contribution >= 4 is 23.2 Å². The van der Waals surface area contributed by atoms with Gasteiger partial charge in [0.2, 0.25) is 11.8 Å². The lowest BCUT2D eigenvalue weighted by Crippen LogP contribution is -2.46. The fraction of sp³-hybridized carbons (Fsp3) is 0.571. The van der Waals surface area contributed by atoms with E-state index in [9.17, 15) is 9.59 Å². The predicted octanol–water partition coefficient (Wildman–Crippen LogP) is 1.94. The lowest BCUT2D eigenvalue weighted by Gasteiger charge is -2.37. The van der Waals surface area contributed by atoms with Gasteiger partial charge in [0.1, 0.15) is 0 Å². The Hall–Kier alpha value is -1.36. The summed E-state index contributed by atoms with van der Waals surface area (Å²) in [6, 6.07) is 4.27. The highest BCUT2D eigenvalue weighted by atomic mass is 32.1. The van der Waals surface area contributed by atoms with Crippen LogP contribution in [0.5, 0.6) is 0 Å². The van der Waals surface area contributed by atoms with Crippen molar-refractivity contribution in [3.05, 3.63) is 22.4 Å². The predicted molar refractivity (Wildman–Crippen MR) is 73.7 cm³/mol. The summed E-state index contributed by atoms with van der Waals surface area (Å²) in [7, 11) is 1.81. The van der Waals surface area contributed by atoms with Crippen molar-refractivity contribution in [3.8, 4) is 0 Å². The Bertz CT molecular complexity index is 482. The van der Waals surface area contributed by atoms with E-state index in [-0.39, 0.29) is 23.8 Å². The largest absolute Gasteiger partial charge is 0.353 e. The molecule has 2 fully saturated rings. The number of nitrogens with one attached hydrogen (secondary N) is 1. The topological polar surface area (TPSA) is 49.4 Å². The molecule has 0 bridgehead atoms. The van der Waals surface area contributed by atoms with E-state index in [4.69, 9.17) is 0 Å². The van der Waals surface area contributed by atoms with Gasteiger partial charge in [-0.3, -0.25) is 9.59 Å². The second-order valence-electron chi connectivity index (χ2n) is 5.39. The molecule has 19 heavy (non-hydrogen) atoms. The van der Waals surface area contributed by atoms with E-state index in [0.717, 1.165) is 17.7 Å². The summed E-state index contributed by atoms with van der Waals surface area (Å²) >= 11 is 1.62. The van der Waals surface area contributed by atoms with Crippen LogP contribution in [-0.4, -0.2) is 29.8 Å². The zero-order chi connectivity index (χ0) is 13.4. The Balaban J connectivity index is 1.83. The second kappa shape index (κ2) is 4.96. The monoisotopic (exact) mass is 278 g/mol. The average Bonchev–Trinajstić information content (AvgIpc) is 3.04. The number of likely N-dealkylation sites (tertiary alicyclic amines) is 1. The second-order valence-corrected chi connectivity index (χ2v) is 6.37. The van der Waals surface area contributed by atoms with Crippen molar-refractivity contribution in [3.63, 3.8) is 0 Å². The summed E-state index contributed by atoms with van der Waals surface area (Å²) in [5, 5.41) is 5.08. The molecule has 1 aromatic rings. The highest BCUT2D eigenvalue weighted by Gasteiger charge is 2.40. The van der Waals surface area contributed by atoms with Crippen LogP contribution in [0.25, 0.3) is 0 Å². The van der Waals surface area contributed by atoms with Gasteiger partial charge in [0.25, 0.3) is 0 Å². The molecule has 0 radical (unpaired) electrons. The Labute approximate surface area is 116 Å². The third-order valence-corrected chi connectivity index (χ3v) is 4.90. The van der Waals surface area contributed by atoms with Gasteiger partial charge in [-0.15, -0.1) is 11.3 Å². The van der Waals surface area contributed by atoms with Crippen molar-refractivity contribution in [2.45, 2.75) is 37.8 Å². The Morgan fingerprint density at radius 3 is 2.84 bits per heavy atom. The van der Waals surface area contributed by atoms with Crippen LogP contribution in [0.1, 0.15) is 36.6 Å². The first-order chi connectivity index (χ1) is 9.16. The molecule has 0 aromatic carbocycles. The van der Waals surface area contributed by atoms with E-state index in [0.29, 0.717) is 18.9 Å². The van der Waals surface area contributed by atoms with Crippen LogP contribution in [0, 0.1) is 5.92 Å². The van der Waals surface area contributed by atoms with Crippen LogP contribution in [0.4, 0.5) is 0 Å². The maximum absolute atomic E-state index is 12.4. The van der Waals surface area contributed by atoms with Crippen LogP contribution in [0.2, 0.25) is 0 Å². The van der Waals surface area contributed by atoms with Crippen LogP contribution in [-0.2, 0) is 9.59 Å². The van der Waals surface area contributed by atoms with Crippen molar-refractivity contribution < 1.29 is 9.59 Å². The SMILES string of the molecule is CN1C(=O)CC[C@@H](C(=O)NC2CC2)[C@@H]1c1cccs1. The van der Waals surface area contributed by atoms with E-state index in [1.807, 2.05) is 24.6 Å². The normalized spacial score (nSPS) is 27.4. The smallest absolute Gasteiger partial charge is 0.225 e. The molecule has 5 heteroatoms. The van der Waals surface area contributed by atoms with Crippen LogP contribution < -0.4 is 5.32 Å². The maximum atomic E-state index is 12.4. The Morgan fingerprint density at radius 2 is 2.21 bits per heavy atom. The first-order valence-electron chi connectivity index (χ1n) is 6.76. The fourth-order valence-electron chi connectivity index (χ4n) is 2.70. The maximum Gasteiger partial charge on any atom is 0.225 e. The third-order valence-electron chi connectivity index (χ3n) is 3.96. The minimum atomic E-state index is -0.109. The summed E-state index contributed by atoms with van der Waals surface area (Å²) in [6.07, 6.45) is 3.32. The third kappa shape index (κ3) is 2.52. The zero-order valence-corrected chi connectivity index (χ0v) is 11.8. The number of nitrogens with zero attached hydrogens (tertiary/aromatic N) is 1. The number of rotatable bonds is 3. The van der Waals surface area contributed by atoms with Gasteiger partial charge in [-0.2, -0.15) is 0 Å². The molecule has 2 amide bonds. The van der Waals surface area contributed by atoms with E-state index >= 15 is 0 Å². The van der Waals surface area contributed by atoms with Gasteiger partial charge in [0, 0.05) is 24.4 Å². The molecule has 1 saturated heterocycles.